The summed E-state index contributed by atoms with van der Waals surface area (Å²) in [5.41, 5.74) is -0.560. The lowest BCUT2D eigenvalue weighted by Crippen LogP contribution is -2.74. The molecule has 0 radical (unpaired) electrons. The quantitative estimate of drug-likeness (QED) is 0.744. The molecule has 0 atom stereocenters. The monoisotopic (exact) mass is 316 g/mol. The van der Waals surface area contributed by atoms with Gasteiger partial charge in [-0.25, -0.2) is 13.6 Å². The number of hydrogen-bond acceptors (Lipinski definition) is 3. The molecule has 2 heterocycles. The summed E-state index contributed by atoms with van der Waals surface area (Å²) in [5.74, 6) is -3.34. The molecule has 2 saturated heterocycles. The van der Waals surface area contributed by atoms with Crippen molar-refractivity contribution in [2.75, 3.05) is 26.2 Å². The van der Waals surface area contributed by atoms with Gasteiger partial charge in [0.1, 0.15) is 5.60 Å². The van der Waals surface area contributed by atoms with Gasteiger partial charge in [-0.3, -0.25) is 4.79 Å². The summed E-state index contributed by atoms with van der Waals surface area (Å²) >= 11 is 0. The number of likely N-dealkylation sites (tertiary alicyclic amines) is 2. The van der Waals surface area contributed by atoms with Crippen LogP contribution in [0, 0.1) is 11.3 Å². The Morgan fingerprint density at radius 3 is 2.00 bits per heavy atom. The largest absolute Gasteiger partial charge is 0.444 e. The van der Waals surface area contributed by atoms with Gasteiger partial charge >= 0.3 is 6.09 Å². The molecule has 0 aromatic rings. The minimum absolute atomic E-state index is 0.0428. The third-order valence-electron chi connectivity index (χ3n) is 4.51. The Bertz CT molecular complexity index is 493. The number of halogens is 2. The first-order valence-electron chi connectivity index (χ1n) is 7.63. The van der Waals surface area contributed by atoms with Crippen LogP contribution in [0.4, 0.5) is 13.6 Å². The van der Waals surface area contributed by atoms with Crippen molar-refractivity contribution >= 4 is 12.0 Å². The number of amides is 2. The molecule has 5 nitrogen and oxygen atoms in total. The first-order valence-corrected chi connectivity index (χ1v) is 7.63. The van der Waals surface area contributed by atoms with Crippen LogP contribution in [-0.4, -0.2) is 59.5 Å². The molecule has 0 aromatic heterocycles. The van der Waals surface area contributed by atoms with Crippen LogP contribution in [0.25, 0.3) is 0 Å². The van der Waals surface area contributed by atoms with Crippen LogP contribution in [0.1, 0.15) is 33.6 Å². The summed E-state index contributed by atoms with van der Waals surface area (Å²) in [5, 5.41) is 0. The van der Waals surface area contributed by atoms with Gasteiger partial charge in [0.15, 0.2) is 0 Å². The molecule has 3 fully saturated rings. The van der Waals surface area contributed by atoms with E-state index in [1.54, 1.807) is 9.80 Å². The second-order valence-corrected chi connectivity index (χ2v) is 7.99. The van der Waals surface area contributed by atoms with E-state index >= 15 is 0 Å². The van der Waals surface area contributed by atoms with Crippen LogP contribution in [0.3, 0.4) is 0 Å². The fourth-order valence-electron chi connectivity index (χ4n) is 3.43. The van der Waals surface area contributed by atoms with Gasteiger partial charge in [-0.05, 0) is 20.8 Å². The molecule has 0 aromatic carbocycles. The zero-order valence-corrected chi connectivity index (χ0v) is 13.2. The fraction of sp³-hybridized carbons (Fsp3) is 0.867. The van der Waals surface area contributed by atoms with E-state index in [1.165, 1.54) is 0 Å². The average Bonchev–Trinajstić information content (AvgIpc) is 2.18. The summed E-state index contributed by atoms with van der Waals surface area (Å²) in [6.07, 6.45) is -0.972. The summed E-state index contributed by atoms with van der Waals surface area (Å²) in [4.78, 5) is 27.1. The molecule has 1 aliphatic carbocycles. The molecule has 3 rings (SSSR count). The minimum Gasteiger partial charge on any atom is -0.444 e. The minimum atomic E-state index is -2.66. The Hall–Kier alpha value is -1.40. The normalized spacial score (nSPS) is 26.0. The zero-order valence-electron chi connectivity index (χ0n) is 13.2. The van der Waals surface area contributed by atoms with E-state index in [9.17, 15) is 18.4 Å². The third-order valence-corrected chi connectivity index (χ3v) is 4.51. The van der Waals surface area contributed by atoms with E-state index in [0.29, 0.717) is 26.2 Å². The lowest BCUT2D eigenvalue weighted by Gasteiger charge is -2.60. The molecule has 0 bridgehead atoms. The smallest absolute Gasteiger partial charge is 0.410 e. The van der Waals surface area contributed by atoms with E-state index in [-0.39, 0.29) is 30.3 Å². The molecule has 0 unspecified atom stereocenters. The highest BCUT2D eigenvalue weighted by molar-refractivity contribution is 5.81. The summed E-state index contributed by atoms with van der Waals surface area (Å²) in [7, 11) is 0. The molecule has 1 saturated carbocycles. The van der Waals surface area contributed by atoms with Gasteiger partial charge in [0, 0.05) is 50.4 Å². The van der Waals surface area contributed by atoms with Gasteiger partial charge < -0.3 is 14.5 Å². The van der Waals surface area contributed by atoms with Crippen LogP contribution < -0.4 is 0 Å². The average molecular weight is 316 g/mol. The van der Waals surface area contributed by atoms with Gasteiger partial charge in [0.2, 0.25) is 11.8 Å². The van der Waals surface area contributed by atoms with Crippen molar-refractivity contribution in [1.82, 2.24) is 9.80 Å². The summed E-state index contributed by atoms with van der Waals surface area (Å²) in [6.45, 7) is 7.73. The SMILES string of the molecule is CC(C)(C)OC(=O)N1CC2(C1)CN(C(=O)C1CC(F)(F)C1)C2. The van der Waals surface area contributed by atoms with Gasteiger partial charge in [-0.2, -0.15) is 0 Å². The first-order chi connectivity index (χ1) is 9.99. The van der Waals surface area contributed by atoms with Crippen molar-refractivity contribution in [2.24, 2.45) is 11.3 Å². The maximum atomic E-state index is 12.8. The van der Waals surface area contributed by atoms with Crippen LogP contribution in [0.2, 0.25) is 0 Å². The second-order valence-electron chi connectivity index (χ2n) is 7.99. The molecule has 22 heavy (non-hydrogen) atoms. The highest BCUT2D eigenvalue weighted by atomic mass is 19.3. The van der Waals surface area contributed by atoms with Crippen molar-refractivity contribution in [3.8, 4) is 0 Å². The molecule has 124 valence electrons. The van der Waals surface area contributed by atoms with Gasteiger partial charge in [0.05, 0.1) is 0 Å². The summed E-state index contributed by atoms with van der Waals surface area (Å²) < 4.78 is 30.9. The maximum absolute atomic E-state index is 12.8. The Morgan fingerprint density at radius 1 is 1.05 bits per heavy atom. The number of carbonyl (C=O) groups is 2. The maximum Gasteiger partial charge on any atom is 0.410 e. The first kappa shape index (κ1) is 15.5. The van der Waals surface area contributed by atoms with Crippen molar-refractivity contribution in [3.05, 3.63) is 0 Å². The van der Waals surface area contributed by atoms with Crippen LogP contribution in [0.15, 0.2) is 0 Å². The standard InChI is InChI=1S/C15H22F2N2O3/c1-13(2,3)22-12(21)19-8-14(9-19)6-18(7-14)11(20)10-4-15(16,17)5-10/h10H,4-9H2,1-3H3. The zero-order chi connectivity index (χ0) is 16.3. The predicted octanol–water partition coefficient (Wildman–Crippen LogP) is 2.11. The number of carbonyl (C=O) groups excluding carboxylic acids is 2. The van der Waals surface area contributed by atoms with Crippen LogP contribution >= 0.6 is 0 Å². The number of nitrogens with zero attached hydrogens (tertiary/aromatic N) is 2. The highest BCUT2D eigenvalue weighted by Gasteiger charge is 2.58. The van der Waals surface area contributed by atoms with Crippen LogP contribution in [0.5, 0.6) is 0 Å². The van der Waals surface area contributed by atoms with Crippen molar-refractivity contribution in [2.45, 2.75) is 45.1 Å². The molecule has 7 heteroatoms. The van der Waals surface area contributed by atoms with E-state index in [0.717, 1.165) is 0 Å². The van der Waals surface area contributed by atoms with Gasteiger partial charge in [0.25, 0.3) is 0 Å². The predicted molar refractivity (Wildman–Crippen MR) is 74.5 cm³/mol. The third kappa shape index (κ3) is 2.77. The van der Waals surface area contributed by atoms with E-state index < -0.39 is 17.4 Å². The number of alkyl halides is 2. The molecule has 0 N–H and O–H groups in total. The van der Waals surface area contributed by atoms with Crippen LogP contribution in [-0.2, 0) is 9.53 Å². The summed E-state index contributed by atoms with van der Waals surface area (Å²) in [6, 6.07) is 0. The number of rotatable bonds is 1. The molecular weight excluding hydrogens is 294 g/mol. The van der Waals surface area contributed by atoms with Gasteiger partial charge in [-0.1, -0.05) is 0 Å². The lowest BCUT2D eigenvalue weighted by atomic mass is 9.71. The van der Waals surface area contributed by atoms with Gasteiger partial charge in [-0.15, -0.1) is 0 Å². The van der Waals surface area contributed by atoms with E-state index in [4.69, 9.17) is 4.74 Å². The Labute approximate surface area is 128 Å². The molecular formula is C15H22F2N2O3. The molecule has 1 spiro atoms. The Morgan fingerprint density at radius 2 is 1.55 bits per heavy atom. The number of hydrogen-bond donors (Lipinski definition) is 0. The van der Waals surface area contributed by atoms with Crippen molar-refractivity contribution in [1.29, 1.82) is 0 Å². The van der Waals surface area contributed by atoms with E-state index in [1.807, 2.05) is 20.8 Å². The molecule has 3 aliphatic rings. The number of ether oxygens (including phenoxy) is 1. The van der Waals surface area contributed by atoms with E-state index in [2.05, 4.69) is 0 Å². The topological polar surface area (TPSA) is 49.9 Å². The Balaban J connectivity index is 1.42. The Kier molecular flexibility index (Phi) is 3.21. The lowest BCUT2D eigenvalue weighted by molar-refractivity contribution is -0.179. The molecule has 2 amide bonds. The van der Waals surface area contributed by atoms with Crippen molar-refractivity contribution in [3.63, 3.8) is 0 Å². The molecule has 2 aliphatic heterocycles. The van der Waals surface area contributed by atoms with Crippen molar-refractivity contribution < 1.29 is 23.1 Å². The fourth-order valence-corrected chi connectivity index (χ4v) is 3.43. The highest BCUT2D eigenvalue weighted by Crippen LogP contribution is 2.46. The second kappa shape index (κ2) is 4.55.